The van der Waals surface area contributed by atoms with Gasteiger partial charge in [0.1, 0.15) is 5.01 Å². The Labute approximate surface area is 167 Å². The fourth-order valence-electron chi connectivity index (χ4n) is 2.84. The molecule has 1 aliphatic heterocycles. The first-order valence-corrected chi connectivity index (χ1v) is 9.57. The van der Waals surface area contributed by atoms with Crippen LogP contribution in [0.1, 0.15) is 42.3 Å². The molecule has 1 saturated heterocycles. The quantitative estimate of drug-likeness (QED) is 0.369. The molecule has 24 heavy (non-hydrogen) atoms. The minimum atomic E-state index is 0. The topological polar surface area (TPSA) is 52.6 Å². The third kappa shape index (κ3) is 7.23. The molecule has 2 heterocycles. The van der Waals surface area contributed by atoms with Gasteiger partial charge in [-0.1, -0.05) is 6.92 Å². The van der Waals surface area contributed by atoms with Crippen molar-refractivity contribution in [3.63, 3.8) is 0 Å². The highest BCUT2D eigenvalue weighted by atomic mass is 127. The zero-order valence-electron chi connectivity index (χ0n) is 15.4. The van der Waals surface area contributed by atoms with Crippen molar-refractivity contribution in [3.05, 3.63) is 15.6 Å². The molecule has 7 heteroatoms. The van der Waals surface area contributed by atoms with Crippen LogP contribution in [0.15, 0.2) is 4.99 Å². The Morgan fingerprint density at radius 1 is 1.29 bits per heavy atom. The SMILES string of the molecule is CCNC(=NCc1nc(C)c(C)s1)NCC(C)CN1CCCC1.I. The van der Waals surface area contributed by atoms with Gasteiger partial charge in [-0.15, -0.1) is 35.3 Å². The second kappa shape index (κ2) is 11.3. The number of nitrogens with zero attached hydrogens (tertiary/aromatic N) is 3. The van der Waals surface area contributed by atoms with E-state index in [9.17, 15) is 0 Å². The Morgan fingerprint density at radius 2 is 2.00 bits per heavy atom. The van der Waals surface area contributed by atoms with Crippen LogP contribution in [0.5, 0.6) is 0 Å². The molecule has 2 rings (SSSR count). The molecule has 0 spiro atoms. The van der Waals surface area contributed by atoms with E-state index in [0.717, 1.165) is 29.8 Å². The molecule has 5 nitrogen and oxygen atoms in total. The largest absolute Gasteiger partial charge is 0.357 e. The Morgan fingerprint density at radius 3 is 2.58 bits per heavy atom. The fraction of sp³-hybridized carbons (Fsp3) is 0.765. The van der Waals surface area contributed by atoms with Gasteiger partial charge in [0, 0.05) is 24.5 Å². The molecule has 1 fully saturated rings. The maximum absolute atomic E-state index is 4.67. The van der Waals surface area contributed by atoms with E-state index in [1.54, 1.807) is 11.3 Å². The zero-order valence-corrected chi connectivity index (χ0v) is 18.5. The van der Waals surface area contributed by atoms with Crippen molar-refractivity contribution in [1.29, 1.82) is 0 Å². The molecular formula is C17H32IN5S. The first-order chi connectivity index (χ1) is 11.1. The highest BCUT2D eigenvalue weighted by Gasteiger charge is 2.14. The summed E-state index contributed by atoms with van der Waals surface area (Å²) in [5, 5.41) is 7.89. The van der Waals surface area contributed by atoms with Crippen LogP contribution in [0.3, 0.4) is 0 Å². The second-order valence-corrected chi connectivity index (χ2v) is 7.73. The smallest absolute Gasteiger partial charge is 0.191 e. The van der Waals surface area contributed by atoms with Gasteiger partial charge in [0.2, 0.25) is 0 Å². The van der Waals surface area contributed by atoms with Gasteiger partial charge in [-0.2, -0.15) is 0 Å². The highest BCUT2D eigenvalue weighted by Crippen LogP contribution is 2.17. The van der Waals surface area contributed by atoms with Gasteiger partial charge in [-0.05, 0) is 52.6 Å². The molecule has 0 aromatic carbocycles. The van der Waals surface area contributed by atoms with Crippen LogP contribution < -0.4 is 10.6 Å². The summed E-state index contributed by atoms with van der Waals surface area (Å²) in [5.74, 6) is 1.52. The van der Waals surface area contributed by atoms with Crippen molar-refractivity contribution < 1.29 is 0 Å². The summed E-state index contributed by atoms with van der Waals surface area (Å²) in [4.78, 5) is 13.1. The van der Waals surface area contributed by atoms with Crippen LogP contribution in [0.2, 0.25) is 0 Å². The summed E-state index contributed by atoms with van der Waals surface area (Å²) in [6.07, 6.45) is 2.72. The predicted octanol–water partition coefficient (Wildman–Crippen LogP) is 3.16. The van der Waals surface area contributed by atoms with Crippen LogP contribution >= 0.6 is 35.3 Å². The van der Waals surface area contributed by atoms with Crippen molar-refractivity contribution in [2.45, 2.75) is 47.1 Å². The molecule has 0 amide bonds. The molecule has 0 bridgehead atoms. The molecule has 138 valence electrons. The number of hydrogen-bond donors (Lipinski definition) is 2. The molecule has 1 unspecified atom stereocenters. The third-order valence-corrected chi connectivity index (χ3v) is 5.23. The summed E-state index contributed by atoms with van der Waals surface area (Å²) >= 11 is 1.74. The molecule has 1 aromatic rings. The second-order valence-electron chi connectivity index (χ2n) is 6.44. The molecular weight excluding hydrogens is 433 g/mol. The highest BCUT2D eigenvalue weighted by molar-refractivity contribution is 14.0. The number of aromatic nitrogens is 1. The van der Waals surface area contributed by atoms with Crippen molar-refractivity contribution >= 4 is 41.3 Å². The van der Waals surface area contributed by atoms with Gasteiger partial charge in [-0.25, -0.2) is 9.98 Å². The van der Waals surface area contributed by atoms with Gasteiger partial charge in [0.15, 0.2) is 5.96 Å². The lowest BCUT2D eigenvalue weighted by Crippen LogP contribution is -2.41. The molecule has 1 aromatic heterocycles. The number of likely N-dealkylation sites (tertiary alicyclic amines) is 1. The minimum Gasteiger partial charge on any atom is -0.357 e. The number of rotatable bonds is 7. The van der Waals surface area contributed by atoms with Crippen LogP contribution in [-0.2, 0) is 6.54 Å². The number of aryl methyl sites for hydroxylation is 2. The van der Waals surface area contributed by atoms with E-state index in [1.807, 2.05) is 0 Å². The van der Waals surface area contributed by atoms with Gasteiger partial charge < -0.3 is 15.5 Å². The van der Waals surface area contributed by atoms with E-state index in [4.69, 9.17) is 0 Å². The normalized spacial score (nSPS) is 16.8. The summed E-state index contributed by atoms with van der Waals surface area (Å²) in [6.45, 7) is 14.8. The first-order valence-electron chi connectivity index (χ1n) is 8.76. The number of thiazole rings is 1. The van der Waals surface area contributed by atoms with Crippen LogP contribution in [0.4, 0.5) is 0 Å². The van der Waals surface area contributed by atoms with E-state index in [1.165, 1.54) is 37.4 Å². The van der Waals surface area contributed by atoms with E-state index in [2.05, 4.69) is 53.2 Å². The van der Waals surface area contributed by atoms with E-state index < -0.39 is 0 Å². The molecule has 2 N–H and O–H groups in total. The monoisotopic (exact) mass is 465 g/mol. The van der Waals surface area contributed by atoms with Crippen molar-refractivity contribution in [3.8, 4) is 0 Å². The van der Waals surface area contributed by atoms with E-state index in [-0.39, 0.29) is 24.0 Å². The molecule has 0 radical (unpaired) electrons. The molecule has 1 atom stereocenters. The number of guanidine groups is 1. The Balaban J connectivity index is 0.00000288. The number of halogens is 1. The Hall–Kier alpha value is -0.410. The van der Waals surface area contributed by atoms with Gasteiger partial charge >= 0.3 is 0 Å². The number of nitrogens with one attached hydrogen (secondary N) is 2. The summed E-state index contributed by atoms with van der Waals surface area (Å²) < 4.78 is 0. The van der Waals surface area contributed by atoms with Gasteiger partial charge in [0.05, 0.1) is 12.2 Å². The minimum absolute atomic E-state index is 0. The van der Waals surface area contributed by atoms with Crippen LogP contribution in [0.25, 0.3) is 0 Å². The number of aliphatic imine (C=N–C) groups is 1. The fourth-order valence-corrected chi connectivity index (χ4v) is 3.70. The van der Waals surface area contributed by atoms with Crippen LogP contribution in [-0.4, -0.2) is 48.6 Å². The van der Waals surface area contributed by atoms with E-state index >= 15 is 0 Å². The maximum atomic E-state index is 4.67. The van der Waals surface area contributed by atoms with Crippen molar-refractivity contribution in [1.82, 2.24) is 20.5 Å². The third-order valence-electron chi connectivity index (χ3n) is 4.18. The average molecular weight is 465 g/mol. The van der Waals surface area contributed by atoms with Crippen molar-refractivity contribution in [2.75, 3.05) is 32.7 Å². The molecule has 0 aliphatic carbocycles. The Bertz CT molecular complexity index is 492. The average Bonchev–Trinajstić information content (AvgIpc) is 3.12. The Kier molecular flexibility index (Phi) is 10.1. The first kappa shape index (κ1) is 21.6. The summed E-state index contributed by atoms with van der Waals surface area (Å²) in [5.41, 5.74) is 1.12. The molecule has 1 aliphatic rings. The van der Waals surface area contributed by atoms with Crippen molar-refractivity contribution in [2.24, 2.45) is 10.9 Å². The van der Waals surface area contributed by atoms with E-state index in [0.29, 0.717) is 12.5 Å². The lowest BCUT2D eigenvalue weighted by atomic mass is 10.1. The van der Waals surface area contributed by atoms with Gasteiger partial charge in [-0.3, -0.25) is 0 Å². The zero-order chi connectivity index (χ0) is 16.7. The standard InChI is InChI=1S/C17H31N5S.HI/c1-5-18-17(20-11-16-21-14(3)15(4)23-16)19-10-13(2)12-22-8-6-7-9-22;/h13H,5-12H2,1-4H3,(H2,18,19,20);1H. The maximum Gasteiger partial charge on any atom is 0.191 e. The lowest BCUT2D eigenvalue weighted by Gasteiger charge is -2.21. The summed E-state index contributed by atoms with van der Waals surface area (Å²) in [7, 11) is 0. The van der Waals surface area contributed by atoms with Crippen LogP contribution in [0, 0.1) is 19.8 Å². The summed E-state index contributed by atoms with van der Waals surface area (Å²) in [6, 6.07) is 0. The molecule has 0 saturated carbocycles. The lowest BCUT2D eigenvalue weighted by molar-refractivity contribution is 0.287. The predicted molar refractivity (Wildman–Crippen MR) is 115 cm³/mol. The van der Waals surface area contributed by atoms with Gasteiger partial charge in [0.25, 0.3) is 0 Å². The number of hydrogen-bond acceptors (Lipinski definition) is 4.